The average Bonchev–Trinajstić information content (AvgIpc) is 3.37. The van der Waals surface area contributed by atoms with Crippen molar-refractivity contribution in [1.82, 2.24) is 25.6 Å². The number of aromatic amines is 1. The van der Waals surface area contributed by atoms with E-state index in [-0.39, 0.29) is 65.8 Å². The van der Waals surface area contributed by atoms with Crippen LogP contribution in [0.3, 0.4) is 0 Å². The normalized spacial score (nSPS) is 19.7. The van der Waals surface area contributed by atoms with Crippen LogP contribution in [-0.4, -0.2) is 58.2 Å². The topological polar surface area (TPSA) is 109 Å². The number of amides is 2. The molecule has 0 aliphatic heterocycles. The van der Waals surface area contributed by atoms with Crippen LogP contribution in [0.25, 0.3) is 11.2 Å². The fraction of sp³-hybridized carbons (Fsp3) is 0.548. The molecule has 5 rings (SSSR count). The third-order valence-electron chi connectivity index (χ3n) is 9.07. The summed E-state index contributed by atoms with van der Waals surface area (Å²) in [5.74, 6) is -4.41. The molecule has 2 heterocycles. The Balaban J connectivity index is 1.38. The van der Waals surface area contributed by atoms with Gasteiger partial charge in [0.05, 0.1) is 17.0 Å². The van der Waals surface area contributed by atoms with Crippen molar-refractivity contribution in [3.8, 4) is 5.88 Å². The first kappa shape index (κ1) is 37.1. The van der Waals surface area contributed by atoms with E-state index in [0.717, 1.165) is 18.2 Å². The molecule has 2 aliphatic carbocycles. The second-order valence-electron chi connectivity index (χ2n) is 12.4. The van der Waals surface area contributed by atoms with E-state index < -0.39 is 98.0 Å². The van der Waals surface area contributed by atoms with E-state index in [1.54, 1.807) is 0 Å². The molecule has 2 fully saturated rings. The Bertz CT molecular complexity index is 1710. The molecule has 1 aromatic carbocycles. The molecule has 2 aromatic heterocycles. The quantitative estimate of drug-likeness (QED) is 0.189. The average molecular weight is 730 g/mol. The Labute approximate surface area is 276 Å². The van der Waals surface area contributed by atoms with E-state index in [1.807, 2.05) is 0 Å². The first-order chi connectivity index (χ1) is 23.3. The number of rotatable bonds is 10. The third kappa shape index (κ3) is 8.06. The molecule has 19 heteroatoms. The van der Waals surface area contributed by atoms with Crippen LogP contribution >= 0.6 is 0 Å². The molecule has 0 radical (unpaired) electrons. The summed E-state index contributed by atoms with van der Waals surface area (Å²) in [6, 6.07) is 3.23. The van der Waals surface area contributed by atoms with Gasteiger partial charge in [0.15, 0.2) is 12.3 Å². The van der Waals surface area contributed by atoms with Crippen LogP contribution in [0.5, 0.6) is 5.88 Å². The standard InChI is InChI=1S/C31H30F11N5O3/c32-22(33)14-50-26-19(25(48)44-18-5-3-17(4-6-18)29(34,35)36)12-21-24(47-26)46-23(45-21)11-16-10-15(2-7-20(16)30(37,38)39)13-43-27(49)28(8-1-9-28)31(40,41)42/h2,7,10,12,17-18,22H,1,3-6,8-9,11,13-14H2,(H,43,49)(H,44,48)(H,45,46,47). The number of alkyl halides is 11. The molecule has 50 heavy (non-hydrogen) atoms. The second-order valence-corrected chi connectivity index (χ2v) is 12.4. The lowest BCUT2D eigenvalue weighted by Gasteiger charge is -2.41. The van der Waals surface area contributed by atoms with E-state index in [4.69, 9.17) is 4.74 Å². The zero-order valence-electron chi connectivity index (χ0n) is 25.9. The maximum absolute atomic E-state index is 13.9. The number of benzene rings is 1. The van der Waals surface area contributed by atoms with E-state index in [1.165, 1.54) is 0 Å². The van der Waals surface area contributed by atoms with Crippen molar-refractivity contribution in [3.63, 3.8) is 0 Å². The maximum Gasteiger partial charge on any atom is 0.416 e. The number of hydrogen-bond donors (Lipinski definition) is 3. The highest BCUT2D eigenvalue weighted by molar-refractivity contribution is 5.99. The zero-order valence-corrected chi connectivity index (χ0v) is 25.9. The zero-order chi connectivity index (χ0) is 36.6. The molecule has 0 atom stereocenters. The molecule has 2 saturated carbocycles. The number of H-pyrrole nitrogens is 1. The third-order valence-corrected chi connectivity index (χ3v) is 9.07. The van der Waals surface area contributed by atoms with Crippen molar-refractivity contribution in [2.75, 3.05) is 6.61 Å². The lowest BCUT2D eigenvalue weighted by molar-refractivity contribution is -0.243. The predicted molar refractivity (Wildman–Crippen MR) is 153 cm³/mol. The van der Waals surface area contributed by atoms with Gasteiger partial charge in [-0.25, -0.2) is 13.8 Å². The maximum atomic E-state index is 13.9. The summed E-state index contributed by atoms with van der Waals surface area (Å²) in [6.45, 7) is -1.68. The molecule has 3 N–H and O–H groups in total. The van der Waals surface area contributed by atoms with E-state index in [0.29, 0.717) is 6.07 Å². The Morgan fingerprint density at radius 2 is 1.64 bits per heavy atom. The number of ether oxygens (including phenoxy) is 1. The van der Waals surface area contributed by atoms with Crippen molar-refractivity contribution >= 4 is 23.0 Å². The minimum Gasteiger partial charge on any atom is -0.471 e. The minimum atomic E-state index is -4.87. The van der Waals surface area contributed by atoms with Gasteiger partial charge in [-0.2, -0.15) is 44.5 Å². The summed E-state index contributed by atoms with van der Waals surface area (Å²) >= 11 is 0. The lowest BCUT2D eigenvalue weighted by Crippen LogP contribution is -2.54. The van der Waals surface area contributed by atoms with Crippen LogP contribution < -0.4 is 15.4 Å². The number of fused-ring (bicyclic) bond motifs is 1. The number of halogens is 11. The molecule has 0 saturated heterocycles. The highest BCUT2D eigenvalue weighted by atomic mass is 19.4. The molecule has 8 nitrogen and oxygen atoms in total. The molecule has 274 valence electrons. The van der Waals surface area contributed by atoms with Gasteiger partial charge in [0.25, 0.3) is 12.3 Å². The molecule has 0 bridgehead atoms. The van der Waals surface area contributed by atoms with Crippen LogP contribution in [0.1, 0.15) is 77.8 Å². The van der Waals surface area contributed by atoms with E-state index in [9.17, 15) is 57.9 Å². The predicted octanol–water partition coefficient (Wildman–Crippen LogP) is 7.41. The molecular weight excluding hydrogens is 699 g/mol. The van der Waals surface area contributed by atoms with Crippen molar-refractivity contribution in [3.05, 3.63) is 52.3 Å². The Kier molecular flexibility index (Phi) is 10.3. The molecule has 2 aliphatic rings. The van der Waals surface area contributed by atoms with E-state index >= 15 is 0 Å². The van der Waals surface area contributed by atoms with Crippen molar-refractivity contribution in [1.29, 1.82) is 0 Å². The smallest absolute Gasteiger partial charge is 0.416 e. The first-order valence-corrected chi connectivity index (χ1v) is 15.5. The SMILES string of the molecule is O=C(NC1CCC(C(F)(F)F)CC1)c1cc2[nH]c(Cc3cc(CNC(=O)C4(C(F)(F)F)CCC4)ccc3C(F)(F)F)nc2nc1OCC(F)F. The highest BCUT2D eigenvalue weighted by Crippen LogP contribution is 2.53. The first-order valence-electron chi connectivity index (χ1n) is 15.5. The minimum absolute atomic E-state index is 0.000500. The lowest BCUT2D eigenvalue weighted by atomic mass is 9.67. The number of nitrogens with zero attached hydrogens (tertiary/aromatic N) is 2. The highest BCUT2D eigenvalue weighted by Gasteiger charge is 2.63. The molecule has 0 unspecified atom stereocenters. The number of imidazole rings is 1. The van der Waals surface area contributed by atoms with Gasteiger partial charge in [0, 0.05) is 19.0 Å². The number of hydrogen-bond acceptors (Lipinski definition) is 5. The number of pyridine rings is 1. The van der Waals surface area contributed by atoms with Crippen LogP contribution in [-0.2, 0) is 23.9 Å². The molecule has 2 amide bonds. The Morgan fingerprint density at radius 3 is 2.20 bits per heavy atom. The van der Waals surface area contributed by atoms with Crippen LogP contribution in [0.2, 0.25) is 0 Å². The summed E-state index contributed by atoms with van der Waals surface area (Å²) in [5, 5.41) is 4.73. The second kappa shape index (κ2) is 13.8. The summed E-state index contributed by atoms with van der Waals surface area (Å²) in [6.07, 6.45) is -18.6. The van der Waals surface area contributed by atoms with Gasteiger partial charge in [0.1, 0.15) is 16.8 Å². The molecule has 0 spiro atoms. The number of carbonyl (C=O) groups excluding carboxylic acids is 2. The summed E-state index contributed by atoms with van der Waals surface area (Å²) in [4.78, 5) is 36.4. The fourth-order valence-corrected chi connectivity index (χ4v) is 6.18. The summed E-state index contributed by atoms with van der Waals surface area (Å²) in [5.41, 5.74) is -4.57. The van der Waals surface area contributed by atoms with Crippen LogP contribution in [0, 0.1) is 11.3 Å². The van der Waals surface area contributed by atoms with Crippen LogP contribution in [0.15, 0.2) is 24.3 Å². The van der Waals surface area contributed by atoms with Gasteiger partial charge in [-0.15, -0.1) is 0 Å². The summed E-state index contributed by atoms with van der Waals surface area (Å²) in [7, 11) is 0. The van der Waals surface area contributed by atoms with Gasteiger partial charge in [-0.1, -0.05) is 18.6 Å². The molecular formula is C31H30F11N5O3. The number of aromatic nitrogens is 3. The molecule has 3 aromatic rings. The van der Waals surface area contributed by atoms with Gasteiger partial charge in [0.2, 0.25) is 11.8 Å². The van der Waals surface area contributed by atoms with Gasteiger partial charge in [-0.05, 0) is 61.8 Å². The Morgan fingerprint density at radius 1 is 0.960 bits per heavy atom. The van der Waals surface area contributed by atoms with Crippen molar-refractivity contribution < 1.29 is 62.6 Å². The van der Waals surface area contributed by atoms with Gasteiger partial charge in [-0.3, -0.25) is 9.59 Å². The van der Waals surface area contributed by atoms with Gasteiger partial charge >= 0.3 is 18.5 Å². The van der Waals surface area contributed by atoms with Crippen molar-refractivity contribution in [2.24, 2.45) is 11.3 Å². The summed E-state index contributed by atoms with van der Waals surface area (Å²) < 4.78 is 153. The van der Waals surface area contributed by atoms with Crippen molar-refractivity contribution in [2.45, 2.75) is 88.9 Å². The van der Waals surface area contributed by atoms with E-state index in [2.05, 4.69) is 25.6 Å². The van der Waals surface area contributed by atoms with Gasteiger partial charge < -0.3 is 20.4 Å². The largest absolute Gasteiger partial charge is 0.471 e. The monoisotopic (exact) mass is 729 g/mol. The van der Waals surface area contributed by atoms with Crippen LogP contribution in [0.4, 0.5) is 48.3 Å². The fourth-order valence-electron chi connectivity index (χ4n) is 6.18. The number of nitrogens with one attached hydrogen (secondary N) is 3. The Hall–Kier alpha value is -4.19. The number of carbonyl (C=O) groups is 2.